The predicted molar refractivity (Wildman–Crippen MR) is 213 cm³/mol. The number of halogens is 13. The molecule has 0 aromatic heterocycles. The minimum atomic E-state index is -4.66. The van der Waals surface area contributed by atoms with Crippen LogP contribution in [0.15, 0.2) is 60.7 Å². The molecule has 26 heteroatoms. The van der Waals surface area contributed by atoms with Crippen LogP contribution < -0.4 is 19.3 Å². The minimum absolute atomic E-state index is 0. The molecule has 3 N–H and O–H groups in total. The van der Waals surface area contributed by atoms with Gasteiger partial charge in [-0.05, 0) is 58.9 Å². The summed E-state index contributed by atoms with van der Waals surface area (Å²) in [5.74, 6) is -28.3. The fourth-order valence-corrected chi connectivity index (χ4v) is 6.57. The predicted octanol–water partition coefficient (Wildman–Crippen LogP) is 12.1. The van der Waals surface area contributed by atoms with Gasteiger partial charge in [0.1, 0.15) is 17.5 Å². The van der Waals surface area contributed by atoms with Crippen LogP contribution in [0.3, 0.4) is 0 Å². The Kier molecular flexibility index (Phi) is 24.6. The number of rotatable bonds is 12. The normalized spacial score (nSPS) is 12.6. The van der Waals surface area contributed by atoms with Gasteiger partial charge in [0, 0.05) is 22.5 Å². The number of hydrogen-bond donors (Lipinski definition) is 2. The number of nitrogens with two attached hydrogens (primary N) is 1. The molecule has 0 saturated carbocycles. The molecule has 3 atom stereocenters. The van der Waals surface area contributed by atoms with E-state index in [0.717, 1.165) is 0 Å². The van der Waals surface area contributed by atoms with Crippen LogP contribution in [0.4, 0.5) is 43.9 Å². The molecule has 0 heterocycles. The summed E-state index contributed by atoms with van der Waals surface area (Å²) in [7, 11) is -4.66. The van der Waals surface area contributed by atoms with Crippen molar-refractivity contribution in [1.29, 1.82) is 0 Å². The van der Waals surface area contributed by atoms with Crippen LogP contribution in [0.25, 0.3) is 0 Å². The van der Waals surface area contributed by atoms with Crippen LogP contribution in [-0.4, -0.2) is 41.5 Å². The maximum absolute atomic E-state index is 14.0. The first kappa shape index (κ1) is 58.6. The smallest absolute Gasteiger partial charge is 0.431 e. The fraction of sp³-hybridized carbons (Fsp3) is 0.297. The lowest BCUT2D eigenvalue weighted by Gasteiger charge is -2.23. The number of phenols is 1. The zero-order valence-corrected chi connectivity index (χ0v) is 37.4. The highest BCUT2D eigenvalue weighted by Crippen LogP contribution is 2.57. The Hall–Kier alpha value is -4.39. The summed E-state index contributed by atoms with van der Waals surface area (Å²) in [4.78, 5) is 22.7. The Labute approximate surface area is 369 Å². The van der Waals surface area contributed by atoms with E-state index in [-0.39, 0.29) is 30.2 Å². The number of para-hydroxylation sites is 2. The number of esters is 2. The third-order valence-corrected chi connectivity index (χ3v) is 9.29. The maximum atomic E-state index is 14.0. The van der Waals surface area contributed by atoms with E-state index >= 15 is 0 Å². The van der Waals surface area contributed by atoms with Crippen molar-refractivity contribution >= 4 is 60.5 Å². The Morgan fingerprint density at radius 2 is 0.905 bits per heavy atom. The summed E-state index contributed by atoms with van der Waals surface area (Å²) in [5, 5.41) is 8.30. The van der Waals surface area contributed by atoms with Crippen molar-refractivity contribution in [1.82, 2.24) is 0 Å². The molecule has 0 unspecified atom stereocenters. The van der Waals surface area contributed by atoms with Crippen molar-refractivity contribution in [2.75, 3.05) is 6.16 Å². The largest absolute Gasteiger partial charge is 0.503 e. The van der Waals surface area contributed by atoms with Gasteiger partial charge in [0.05, 0.1) is 24.3 Å². The van der Waals surface area contributed by atoms with Gasteiger partial charge in [-0.1, -0.05) is 43.3 Å². The topological polar surface area (TPSA) is 161 Å². The summed E-state index contributed by atoms with van der Waals surface area (Å²) in [6, 6.07) is 15.2. The van der Waals surface area contributed by atoms with E-state index in [1.807, 2.05) is 0 Å². The van der Waals surface area contributed by atoms with Crippen LogP contribution in [0.2, 0.25) is 0 Å². The average Bonchev–Trinajstić information content (AvgIpc) is 3.19. The van der Waals surface area contributed by atoms with E-state index in [9.17, 15) is 62.6 Å². The number of benzene rings is 4. The lowest BCUT2D eigenvalue weighted by atomic mass is 10.2. The quantitative estimate of drug-likeness (QED) is 0.0457. The molecule has 4 aromatic rings. The van der Waals surface area contributed by atoms with Crippen molar-refractivity contribution in [3.05, 3.63) is 119 Å². The number of ether oxygens (including phenoxy) is 2. The zero-order chi connectivity index (χ0) is 47.9. The van der Waals surface area contributed by atoms with Crippen molar-refractivity contribution in [2.45, 2.75) is 59.8 Å². The lowest BCUT2D eigenvalue weighted by molar-refractivity contribution is -0.151. The van der Waals surface area contributed by atoms with E-state index in [0.29, 0.717) is 5.75 Å². The summed E-state index contributed by atoms with van der Waals surface area (Å²) in [6.07, 6.45) is -4.78. The Balaban J connectivity index is 0.000000951. The Morgan fingerprint density at radius 1 is 0.571 bits per heavy atom. The molecule has 0 aliphatic carbocycles. The minimum Gasteiger partial charge on any atom is -0.503 e. The molecule has 352 valence electrons. The van der Waals surface area contributed by atoms with Crippen LogP contribution in [0.1, 0.15) is 41.5 Å². The first-order valence-corrected chi connectivity index (χ1v) is 22.3. The molecule has 4 rings (SSSR count). The molecular formula is C37H38Cl3F10NO10P2. The molecule has 0 radical (unpaired) electrons. The summed E-state index contributed by atoms with van der Waals surface area (Å²) < 4.78 is 177. The zero-order valence-electron chi connectivity index (χ0n) is 33.3. The SMILES string of the molecule is CC(C)OC(=O)[C@H](C)C[P@](=O)(Oc1ccccc1)Oc1c(F)c(F)c(F)c(F)c1F.CC(C)OC(=O)[C@H](C)N.Cl.O=P(Cl)(Cl)Oc1ccccc1.Oc1c(F)c(F)c(F)c(F)c1F. The van der Waals surface area contributed by atoms with Crippen molar-refractivity contribution in [3.63, 3.8) is 0 Å². The third kappa shape index (κ3) is 19.5. The van der Waals surface area contributed by atoms with Gasteiger partial charge in [-0.15, -0.1) is 12.4 Å². The molecule has 0 aliphatic rings. The second-order valence-electron chi connectivity index (χ2n) is 12.6. The van der Waals surface area contributed by atoms with Crippen LogP contribution in [0, 0.1) is 64.1 Å². The fourth-order valence-electron chi connectivity index (χ4n) is 3.83. The molecule has 63 heavy (non-hydrogen) atoms. The second-order valence-corrected chi connectivity index (χ2v) is 18.7. The monoisotopic (exact) mass is 1010 g/mol. The standard InChI is InChI=1S/C19H18F5O5P.C6H5Cl2O2P.C6HF5O.C6H13NO2.ClH/c1-10(2)27-19(25)11(3)9-30(26,28-12-7-5-4-6-8-12)29-18-16(23)14(21)13(20)15(22)17(18)24;7-11(8,9)10-6-4-2-1-3-5-6;7-1-2(8)4(10)6(12)5(11)3(1)9;1-4(2)9-6(8)5(3)7;/h4-8,10-11H,9H2,1-3H3;1-5H;12H;4-5H,7H2,1-3H3;1H/t11-,30+;;;5-;/m1..0./s1. The number of aromatic hydroxyl groups is 1. The third-order valence-electron chi connectivity index (χ3n) is 6.50. The molecule has 4 aromatic carbocycles. The number of phenolic OH excluding ortho intramolecular Hbond substituents is 1. The number of carbonyl (C=O) groups excluding carboxylic acids is 2. The van der Waals surface area contributed by atoms with Gasteiger partial charge in [-0.3, -0.25) is 9.59 Å². The van der Waals surface area contributed by atoms with Crippen molar-refractivity contribution in [3.8, 4) is 23.0 Å². The van der Waals surface area contributed by atoms with Gasteiger partial charge in [0.25, 0.3) is 0 Å². The van der Waals surface area contributed by atoms with Gasteiger partial charge >= 0.3 is 25.6 Å². The van der Waals surface area contributed by atoms with Crippen molar-refractivity contribution in [2.24, 2.45) is 11.7 Å². The highest BCUT2D eigenvalue weighted by atomic mass is 35.9. The first-order chi connectivity index (χ1) is 28.5. The van der Waals surface area contributed by atoms with Crippen LogP contribution >= 0.6 is 48.6 Å². The Morgan fingerprint density at radius 3 is 1.24 bits per heavy atom. The van der Waals surface area contributed by atoms with Gasteiger partial charge in [0.15, 0.2) is 5.75 Å². The van der Waals surface area contributed by atoms with E-state index in [2.05, 4.69) is 4.52 Å². The van der Waals surface area contributed by atoms with E-state index in [1.54, 1.807) is 71.0 Å². The molecular weight excluding hydrogens is 977 g/mol. The molecule has 11 nitrogen and oxygen atoms in total. The molecule has 0 saturated heterocycles. The first-order valence-electron chi connectivity index (χ1n) is 17.2. The van der Waals surface area contributed by atoms with Crippen LogP contribution in [0.5, 0.6) is 23.0 Å². The lowest BCUT2D eigenvalue weighted by Crippen LogP contribution is -2.30. The van der Waals surface area contributed by atoms with Gasteiger partial charge in [0.2, 0.25) is 63.9 Å². The summed E-state index contributed by atoms with van der Waals surface area (Å²) in [6.45, 7) is 9.60. The molecule has 0 aliphatic heterocycles. The van der Waals surface area contributed by atoms with Gasteiger partial charge < -0.3 is 33.9 Å². The number of carbonyl (C=O) groups is 2. The van der Waals surface area contributed by atoms with Gasteiger partial charge in [-0.25, -0.2) is 35.5 Å². The highest BCUT2D eigenvalue weighted by Gasteiger charge is 2.38. The van der Waals surface area contributed by atoms with E-state index in [1.165, 1.54) is 31.2 Å². The highest BCUT2D eigenvalue weighted by molar-refractivity contribution is 8.05. The summed E-state index contributed by atoms with van der Waals surface area (Å²) in [5.41, 5.74) is 5.21. The maximum Gasteiger partial charge on any atom is 0.431 e. The number of hydrogen-bond acceptors (Lipinski definition) is 11. The average molecular weight is 1010 g/mol. The molecule has 0 fully saturated rings. The van der Waals surface area contributed by atoms with Crippen LogP contribution in [-0.2, 0) is 28.2 Å². The van der Waals surface area contributed by atoms with E-state index < -0.39 is 114 Å². The van der Waals surface area contributed by atoms with E-state index in [4.69, 9.17) is 51.8 Å². The summed E-state index contributed by atoms with van der Waals surface area (Å²) >= 11 is 10.3. The van der Waals surface area contributed by atoms with Gasteiger partial charge in [-0.2, -0.15) is 17.6 Å². The molecule has 0 bridgehead atoms. The van der Waals surface area contributed by atoms with Crippen molar-refractivity contribution < 1.29 is 90.8 Å². The second kappa shape index (κ2) is 26.4. The Bertz CT molecular complexity index is 2100. The molecule has 0 spiro atoms. The molecule has 0 amide bonds.